The molecule has 2 unspecified atom stereocenters. The van der Waals surface area contributed by atoms with Gasteiger partial charge in [0.25, 0.3) is 0 Å². The smallest absolute Gasteiger partial charge is 0.119 e. The summed E-state index contributed by atoms with van der Waals surface area (Å²) in [6.07, 6.45) is 1.18. The lowest BCUT2D eigenvalue weighted by atomic mass is 9.98. The van der Waals surface area contributed by atoms with Crippen LogP contribution in [0, 0.1) is 6.92 Å². The minimum absolute atomic E-state index is 0.457. The zero-order valence-electron chi connectivity index (χ0n) is 12.6. The molecule has 1 N–H and O–H groups in total. The first-order valence-corrected chi connectivity index (χ1v) is 9.54. The molecule has 2 rings (SSSR count). The van der Waals surface area contributed by atoms with Crippen molar-refractivity contribution in [1.29, 1.82) is 0 Å². The van der Waals surface area contributed by atoms with Crippen LogP contribution in [0.2, 0.25) is 0 Å². The Labute approximate surface area is 131 Å². The van der Waals surface area contributed by atoms with E-state index in [9.17, 15) is 0 Å². The molecule has 1 aliphatic rings. The summed E-state index contributed by atoms with van der Waals surface area (Å²) in [4.78, 5) is 0. The third kappa shape index (κ3) is 4.09. The molecule has 0 amide bonds. The van der Waals surface area contributed by atoms with Crippen LogP contribution in [0.1, 0.15) is 30.5 Å². The van der Waals surface area contributed by atoms with E-state index in [1.165, 1.54) is 34.8 Å². The van der Waals surface area contributed by atoms with Crippen LogP contribution in [0.25, 0.3) is 0 Å². The lowest BCUT2D eigenvalue weighted by Crippen LogP contribution is -2.34. The minimum Gasteiger partial charge on any atom is -0.497 e. The van der Waals surface area contributed by atoms with Crippen molar-refractivity contribution in [2.75, 3.05) is 30.9 Å². The molecule has 112 valence electrons. The van der Waals surface area contributed by atoms with Crippen LogP contribution in [0.15, 0.2) is 18.2 Å². The first-order chi connectivity index (χ1) is 9.76. The molecular weight excluding hydrogens is 286 g/mol. The molecule has 2 atom stereocenters. The molecule has 4 heteroatoms. The summed E-state index contributed by atoms with van der Waals surface area (Å²) in [6, 6.07) is 6.93. The van der Waals surface area contributed by atoms with Crippen molar-refractivity contribution in [3.05, 3.63) is 29.3 Å². The van der Waals surface area contributed by atoms with Crippen LogP contribution in [-0.4, -0.2) is 36.2 Å². The van der Waals surface area contributed by atoms with Crippen molar-refractivity contribution in [3.63, 3.8) is 0 Å². The molecule has 0 bridgehead atoms. The number of thioether (sulfide) groups is 2. The normalized spacial score (nSPS) is 20.6. The maximum Gasteiger partial charge on any atom is 0.119 e. The van der Waals surface area contributed by atoms with E-state index in [2.05, 4.69) is 60.9 Å². The number of rotatable bonds is 6. The maximum atomic E-state index is 5.33. The largest absolute Gasteiger partial charge is 0.497 e. The highest BCUT2D eigenvalue weighted by molar-refractivity contribution is 8.06. The molecule has 0 saturated carbocycles. The number of benzene rings is 1. The fraction of sp³-hybridized carbons (Fsp3) is 0.625. The molecule has 1 aromatic carbocycles. The van der Waals surface area contributed by atoms with Crippen molar-refractivity contribution in [2.24, 2.45) is 0 Å². The Morgan fingerprint density at radius 1 is 1.40 bits per heavy atom. The number of methoxy groups -OCH3 is 1. The second kappa shape index (κ2) is 8.20. The Morgan fingerprint density at radius 3 is 2.85 bits per heavy atom. The molecule has 1 heterocycles. The number of nitrogens with one attached hydrogen (secondary N) is 1. The van der Waals surface area contributed by atoms with Crippen LogP contribution in [0.3, 0.4) is 0 Å². The van der Waals surface area contributed by atoms with E-state index in [4.69, 9.17) is 4.74 Å². The number of aryl methyl sites for hydroxylation is 1. The van der Waals surface area contributed by atoms with Gasteiger partial charge in [-0.05, 0) is 43.1 Å². The van der Waals surface area contributed by atoms with Crippen LogP contribution in [0.5, 0.6) is 5.75 Å². The fourth-order valence-electron chi connectivity index (χ4n) is 2.56. The summed E-state index contributed by atoms with van der Waals surface area (Å²) < 4.78 is 5.33. The molecule has 20 heavy (non-hydrogen) atoms. The van der Waals surface area contributed by atoms with Crippen LogP contribution in [0.4, 0.5) is 0 Å². The summed E-state index contributed by atoms with van der Waals surface area (Å²) >= 11 is 4.21. The highest BCUT2D eigenvalue weighted by Crippen LogP contribution is 2.35. The van der Waals surface area contributed by atoms with Gasteiger partial charge in [0.1, 0.15) is 5.75 Å². The molecule has 1 saturated heterocycles. The minimum atomic E-state index is 0.457. The average molecular weight is 312 g/mol. The zero-order valence-corrected chi connectivity index (χ0v) is 14.3. The molecule has 2 nitrogen and oxygen atoms in total. The highest BCUT2D eigenvalue weighted by atomic mass is 32.2. The third-order valence-corrected chi connectivity index (χ3v) is 6.50. The molecule has 0 aliphatic carbocycles. The van der Waals surface area contributed by atoms with Gasteiger partial charge < -0.3 is 10.1 Å². The van der Waals surface area contributed by atoms with Crippen LogP contribution < -0.4 is 10.1 Å². The van der Waals surface area contributed by atoms with E-state index in [-0.39, 0.29) is 0 Å². The van der Waals surface area contributed by atoms with Crippen molar-refractivity contribution < 1.29 is 4.74 Å². The Balaban J connectivity index is 2.20. The van der Waals surface area contributed by atoms with E-state index < -0.39 is 0 Å². The third-order valence-electron chi connectivity index (χ3n) is 3.64. The predicted molar refractivity (Wildman–Crippen MR) is 92.3 cm³/mol. The SMILES string of the molecule is CCCNC(c1ccc(OC)cc1C)C1CSCCS1. The van der Waals surface area contributed by atoms with Gasteiger partial charge in [0.05, 0.1) is 7.11 Å². The van der Waals surface area contributed by atoms with Crippen LogP contribution in [-0.2, 0) is 0 Å². The molecule has 1 fully saturated rings. The van der Waals surface area contributed by atoms with Gasteiger partial charge >= 0.3 is 0 Å². The number of hydrogen-bond donors (Lipinski definition) is 1. The highest BCUT2D eigenvalue weighted by Gasteiger charge is 2.26. The first-order valence-electron chi connectivity index (χ1n) is 7.33. The van der Waals surface area contributed by atoms with Gasteiger partial charge in [0.15, 0.2) is 0 Å². The van der Waals surface area contributed by atoms with Gasteiger partial charge in [-0.3, -0.25) is 0 Å². The van der Waals surface area contributed by atoms with E-state index in [0.717, 1.165) is 12.3 Å². The van der Waals surface area contributed by atoms with Gasteiger partial charge in [-0.2, -0.15) is 23.5 Å². The monoisotopic (exact) mass is 311 g/mol. The van der Waals surface area contributed by atoms with E-state index >= 15 is 0 Å². The van der Waals surface area contributed by atoms with Crippen molar-refractivity contribution in [2.45, 2.75) is 31.6 Å². The molecule has 0 spiro atoms. The number of hydrogen-bond acceptors (Lipinski definition) is 4. The zero-order chi connectivity index (χ0) is 14.4. The summed E-state index contributed by atoms with van der Waals surface area (Å²) in [6.45, 7) is 5.50. The van der Waals surface area contributed by atoms with Crippen LogP contribution >= 0.6 is 23.5 Å². The van der Waals surface area contributed by atoms with Gasteiger partial charge in [-0.1, -0.05) is 13.0 Å². The maximum absolute atomic E-state index is 5.33. The lowest BCUT2D eigenvalue weighted by Gasteiger charge is -2.31. The van der Waals surface area contributed by atoms with Gasteiger partial charge in [-0.25, -0.2) is 0 Å². The van der Waals surface area contributed by atoms with E-state index in [1.807, 2.05) is 0 Å². The molecule has 0 aromatic heterocycles. The van der Waals surface area contributed by atoms with Gasteiger partial charge in [-0.15, -0.1) is 0 Å². The second-order valence-corrected chi connectivity index (χ2v) is 7.64. The quantitative estimate of drug-likeness (QED) is 0.860. The van der Waals surface area contributed by atoms with Crippen molar-refractivity contribution >= 4 is 23.5 Å². The summed E-state index contributed by atoms with van der Waals surface area (Å²) in [7, 11) is 1.73. The Hall–Kier alpha value is -0.320. The second-order valence-electron chi connectivity index (χ2n) is 5.14. The van der Waals surface area contributed by atoms with Gasteiger partial charge in [0, 0.05) is 28.6 Å². The average Bonchev–Trinajstić information content (AvgIpc) is 2.50. The Bertz CT molecular complexity index is 419. The Kier molecular flexibility index (Phi) is 6.59. The standard InChI is InChI=1S/C16H25NOS2/c1-4-7-17-16(15-11-19-8-9-20-15)14-6-5-13(18-3)10-12(14)2/h5-6,10,15-17H,4,7-9,11H2,1-3H3. The van der Waals surface area contributed by atoms with Crippen molar-refractivity contribution in [1.82, 2.24) is 5.32 Å². The molecule has 1 aromatic rings. The molecule has 1 aliphatic heterocycles. The lowest BCUT2D eigenvalue weighted by molar-refractivity contribution is 0.413. The summed E-state index contributed by atoms with van der Waals surface area (Å²) in [5.74, 6) is 4.77. The topological polar surface area (TPSA) is 21.3 Å². The van der Waals surface area contributed by atoms with E-state index in [1.54, 1.807) is 7.11 Å². The molecular formula is C16H25NOS2. The Morgan fingerprint density at radius 2 is 2.25 bits per heavy atom. The van der Waals surface area contributed by atoms with Gasteiger partial charge in [0.2, 0.25) is 0 Å². The summed E-state index contributed by atoms with van der Waals surface area (Å²) in [5, 5.41) is 4.43. The fourth-order valence-corrected chi connectivity index (χ4v) is 5.42. The molecule has 0 radical (unpaired) electrons. The van der Waals surface area contributed by atoms with E-state index in [0.29, 0.717) is 11.3 Å². The predicted octanol–water partition coefficient (Wildman–Crippen LogP) is 3.89. The van der Waals surface area contributed by atoms with Crippen molar-refractivity contribution in [3.8, 4) is 5.75 Å². The summed E-state index contributed by atoms with van der Waals surface area (Å²) in [5.41, 5.74) is 2.76. The first kappa shape index (κ1) is 16.1. The number of ether oxygens (including phenoxy) is 1.